The Morgan fingerprint density at radius 2 is 1.50 bits per heavy atom. The number of sulfone groups is 1. The van der Waals surface area contributed by atoms with E-state index >= 15 is 0 Å². The van der Waals surface area contributed by atoms with Gasteiger partial charge in [0.2, 0.25) is 9.84 Å². The van der Waals surface area contributed by atoms with E-state index in [1.165, 1.54) is 6.26 Å². The van der Waals surface area contributed by atoms with Crippen LogP contribution in [-0.2, 0) is 14.6 Å². The van der Waals surface area contributed by atoms with Gasteiger partial charge in [0, 0.05) is 11.9 Å². The Labute approximate surface area is 117 Å². The van der Waals surface area contributed by atoms with Crippen LogP contribution in [0.1, 0.15) is 0 Å². The molecule has 1 aliphatic rings. The number of anilines is 1. The first-order chi connectivity index (χ1) is 9.69. The van der Waals surface area contributed by atoms with Crippen molar-refractivity contribution in [3.63, 3.8) is 0 Å². The molecule has 2 aromatic rings. The second-order valence-electron chi connectivity index (χ2n) is 4.33. The number of hydrogen-bond donors (Lipinski definition) is 0. The van der Waals surface area contributed by atoms with E-state index in [2.05, 4.69) is 0 Å². The van der Waals surface area contributed by atoms with Crippen molar-refractivity contribution < 1.29 is 13.2 Å². The molecule has 0 bridgehead atoms. The fraction of sp³-hybridized carbons (Fsp3) is 0.0667. The fourth-order valence-electron chi connectivity index (χ4n) is 2.06. The lowest BCUT2D eigenvalue weighted by atomic mass is 10.3. The molecule has 0 aliphatic carbocycles. The molecule has 0 amide bonds. The van der Waals surface area contributed by atoms with Crippen LogP contribution in [0.4, 0.5) is 5.69 Å². The molecule has 0 saturated carbocycles. The van der Waals surface area contributed by atoms with Gasteiger partial charge in [0.15, 0.2) is 0 Å². The van der Waals surface area contributed by atoms with Crippen molar-refractivity contribution in [2.45, 2.75) is 10.5 Å². The Bertz CT molecular complexity index is 711. The van der Waals surface area contributed by atoms with Crippen molar-refractivity contribution in [1.82, 2.24) is 0 Å². The predicted molar refractivity (Wildman–Crippen MR) is 76.6 cm³/mol. The second-order valence-corrected chi connectivity index (χ2v) is 6.29. The van der Waals surface area contributed by atoms with E-state index in [0.717, 1.165) is 5.69 Å². The van der Waals surface area contributed by atoms with Crippen molar-refractivity contribution in [2.24, 2.45) is 0 Å². The summed E-state index contributed by atoms with van der Waals surface area (Å²) < 4.78 is 30.5. The van der Waals surface area contributed by atoms with Crippen LogP contribution in [-0.4, -0.2) is 14.0 Å². The Kier molecular flexibility index (Phi) is 3.20. The number of hydrogen-bond acceptors (Lipinski definition) is 4. The molecule has 1 heterocycles. The third-order valence-corrected chi connectivity index (χ3v) is 4.83. The highest BCUT2D eigenvalue weighted by Crippen LogP contribution is 2.28. The van der Waals surface area contributed by atoms with Crippen LogP contribution in [0.25, 0.3) is 0 Å². The highest BCUT2D eigenvalue weighted by molar-refractivity contribution is 7.92. The topological polar surface area (TPSA) is 46.6 Å². The molecule has 0 fully saturated rings. The molecule has 20 heavy (non-hydrogen) atoms. The van der Waals surface area contributed by atoms with Gasteiger partial charge in [-0.15, -0.1) is 0 Å². The number of ether oxygens (including phenoxy) is 1. The lowest BCUT2D eigenvalue weighted by Crippen LogP contribution is -2.35. The van der Waals surface area contributed by atoms with Gasteiger partial charge in [0.1, 0.15) is 6.26 Å². The fourth-order valence-corrected chi connectivity index (χ4v) is 3.53. The minimum atomic E-state index is -3.59. The zero-order valence-electron chi connectivity index (χ0n) is 10.6. The lowest BCUT2D eigenvalue weighted by molar-refractivity contribution is 0.238. The summed E-state index contributed by atoms with van der Waals surface area (Å²) in [6.07, 6.45) is 3.03. The summed E-state index contributed by atoms with van der Waals surface area (Å²) in [6.45, 7) is 0. The highest BCUT2D eigenvalue weighted by Gasteiger charge is 2.36. The van der Waals surface area contributed by atoms with Crippen LogP contribution >= 0.6 is 0 Å². The van der Waals surface area contributed by atoms with E-state index in [4.69, 9.17) is 4.74 Å². The summed E-state index contributed by atoms with van der Waals surface area (Å²) in [5.74, 6) is 0. The molecule has 102 valence electrons. The molecule has 5 heteroatoms. The van der Waals surface area contributed by atoms with Gasteiger partial charge in [0.05, 0.1) is 4.90 Å². The van der Waals surface area contributed by atoms with Gasteiger partial charge in [0.25, 0.3) is 5.56 Å². The number of nitrogens with zero attached hydrogens (tertiary/aromatic N) is 1. The van der Waals surface area contributed by atoms with Crippen LogP contribution < -0.4 is 4.90 Å². The minimum Gasteiger partial charge on any atom is -0.461 e. The monoisotopic (exact) mass is 287 g/mol. The molecule has 3 rings (SSSR count). The number of rotatable bonds is 3. The molecule has 0 saturated heterocycles. The Balaban J connectivity index is 1.98. The largest absolute Gasteiger partial charge is 0.461 e. The van der Waals surface area contributed by atoms with E-state index < -0.39 is 15.4 Å². The Morgan fingerprint density at radius 1 is 0.900 bits per heavy atom. The van der Waals surface area contributed by atoms with Crippen molar-refractivity contribution in [3.8, 4) is 0 Å². The van der Waals surface area contributed by atoms with E-state index in [9.17, 15) is 8.42 Å². The zero-order valence-corrected chi connectivity index (χ0v) is 11.4. The van der Waals surface area contributed by atoms with Gasteiger partial charge < -0.3 is 4.74 Å². The summed E-state index contributed by atoms with van der Waals surface area (Å²) in [5.41, 5.74) is -0.293. The van der Waals surface area contributed by atoms with Crippen molar-refractivity contribution in [3.05, 3.63) is 73.1 Å². The Hall–Kier alpha value is -2.27. The molecule has 0 radical (unpaired) electrons. The summed E-state index contributed by atoms with van der Waals surface area (Å²) in [6, 6.07) is 17.6. The van der Waals surface area contributed by atoms with Gasteiger partial charge in [-0.1, -0.05) is 36.4 Å². The first-order valence-electron chi connectivity index (χ1n) is 6.14. The maximum Gasteiger partial charge on any atom is 0.282 e. The molecule has 1 aliphatic heterocycles. The summed E-state index contributed by atoms with van der Waals surface area (Å²) in [7, 11) is -3.59. The van der Waals surface area contributed by atoms with E-state index in [0.29, 0.717) is 0 Å². The predicted octanol–water partition coefficient (Wildman–Crippen LogP) is 2.75. The average molecular weight is 287 g/mol. The lowest BCUT2D eigenvalue weighted by Gasteiger charge is -2.24. The Morgan fingerprint density at radius 3 is 2.15 bits per heavy atom. The summed E-state index contributed by atoms with van der Waals surface area (Å²) in [4.78, 5) is 1.84. The van der Waals surface area contributed by atoms with E-state index in [1.807, 2.05) is 30.3 Å². The van der Waals surface area contributed by atoms with Crippen molar-refractivity contribution in [2.75, 3.05) is 4.90 Å². The van der Waals surface area contributed by atoms with Gasteiger partial charge >= 0.3 is 0 Å². The van der Waals surface area contributed by atoms with Crippen LogP contribution in [0.2, 0.25) is 0 Å². The standard InChI is InChI=1S/C15H13NO3S/c17-20(18,14-9-5-2-6-10-14)15-16(11-12-19-15)13-7-3-1-4-8-13/h1-12,15H. The first kappa shape index (κ1) is 12.7. The van der Waals surface area contributed by atoms with Gasteiger partial charge in [-0.05, 0) is 24.3 Å². The third kappa shape index (κ3) is 2.16. The second kappa shape index (κ2) is 5.02. The van der Waals surface area contributed by atoms with Crippen molar-refractivity contribution in [1.29, 1.82) is 0 Å². The zero-order chi connectivity index (χ0) is 14.0. The first-order valence-corrected chi connectivity index (χ1v) is 7.69. The number of benzene rings is 2. The number of para-hydroxylation sites is 1. The average Bonchev–Trinajstić information content (AvgIpc) is 2.99. The highest BCUT2D eigenvalue weighted by atomic mass is 32.2. The molecule has 0 aromatic heterocycles. The van der Waals surface area contributed by atoms with Crippen LogP contribution in [0, 0.1) is 0 Å². The smallest absolute Gasteiger partial charge is 0.282 e. The minimum absolute atomic E-state index is 0.245. The van der Waals surface area contributed by atoms with Gasteiger partial charge in [-0.2, -0.15) is 0 Å². The quantitative estimate of drug-likeness (QED) is 0.871. The molecule has 1 unspecified atom stereocenters. The van der Waals surface area contributed by atoms with Crippen molar-refractivity contribution >= 4 is 15.5 Å². The molecule has 1 atom stereocenters. The molecular formula is C15H13NO3S. The third-order valence-electron chi connectivity index (χ3n) is 3.04. The molecule has 0 spiro atoms. The van der Waals surface area contributed by atoms with E-state index in [-0.39, 0.29) is 4.90 Å². The van der Waals surface area contributed by atoms with E-state index in [1.54, 1.807) is 41.4 Å². The maximum atomic E-state index is 12.6. The molecule has 2 aromatic carbocycles. The SMILES string of the molecule is O=S(=O)(c1ccccc1)C1OC=CN1c1ccccc1. The van der Waals surface area contributed by atoms with Gasteiger partial charge in [-0.25, -0.2) is 8.42 Å². The summed E-state index contributed by atoms with van der Waals surface area (Å²) in [5, 5.41) is 0. The van der Waals surface area contributed by atoms with Crippen LogP contribution in [0.3, 0.4) is 0 Å². The summed E-state index contributed by atoms with van der Waals surface area (Å²) >= 11 is 0. The van der Waals surface area contributed by atoms with Gasteiger partial charge in [-0.3, -0.25) is 4.90 Å². The molecule has 0 N–H and O–H groups in total. The molecule has 4 nitrogen and oxygen atoms in total. The molecular weight excluding hydrogens is 274 g/mol. The van der Waals surface area contributed by atoms with Crippen LogP contribution in [0.5, 0.6) is 0 Å². The normalized spacial score (nSPS) is 18.0. The maximum absolute atomic E-state index is 12.6. The van der Waals surface area contributed by atoms with Crippen LogP contribution in [0.15, 0.2) is 78.0 Å².